The number of imidazole rings is 1. The molecule has 2 fully saturated rings. The van der Waals surface area contributed by atoms with Gasteiger partial charge in [-0.2, -0.15) is 0 Å². The summed E-state index contributed by atoms with van der Waals surface area (Å²) >= 11 is 0. The molecule has 31 heavy (non-hydrogen) atoms. The molecule has 1 aromatic heterocycles. The van der Waals surface area contributed by atoms with Gasteiger partial charge < -0.3 is 14.8 Å². The third kappa shape index (κ3) is 3.23. The average molecular weight is 432 g/mol. The zero-order valence-corrected chi connectivity index (χ0v) is 16.7. The molecule has 2 aliphatic rings. The largest absolute Gasteiger partial charge is 0.371 e. The highest BCUT2D eigenvalue weighted by molar-refractivity contribution is 6.04. The smallest absolute Gasteiger partial charge is 0.251 e. The fourth-order valence-corrected chi connectivity index (χ4v) is 4.50. The lowest BCUT2D eigenvalue weighted by Crippen LogP contribution is -2.54. The first-order valence-electron chi connectivity index (χ1n) is 10.1. The minimum absolute atomic E-state index is 0.0276. The number of carbonyl (C=O) groups excluding carboxylic acids is 1. The molecular weight excluding hydrogens is 412 g/mol. The molecule has 3 heterocycles. The van der Waals surface area contributed by atoms with Gasteiger partial charge in [0.1, 0.15) is 11.6 Å². The number of fused-ring (bicyclic) bond motifs is 1. The van der Waals surface area contributed by atoms with E-state index in [-0.39, 0.29) is 43.1 Å². The number of aromatic nitrogens is 2. The van der Waals surface area contributed by atoms with Crippen molar-refractivity contribution in [3.63, 3.8) is 0 Å². The van der Waals surface area contributed by atoms with Crippen LogP contribution < -0.4 is 9.80 Å². The summed E-state index contributed by atoms with van der Waals surface area (Å²) in [6.07, 6.45) is 0.826. The monoisotopic (exact) mass is 432 g/mol. The molecule has 162 valence electrons. The first-order chi connectivity index (χ1) is 14.7. The number of benzene rings is 2. The summed E-state index contributed by atoms with van der Waals surface area (Å²) in [4.78, 5) is 22.6. The summed E-state index contributed by atoms with van der Waals surface area (Å²) < 4.78 is 57.1. The Morgan fingerprint density at radius 1 is 1.06 bits per heavy atom. The van der Waals surface area contributed by atoms with Crippen molar-refractivity contribution < 1.29 is 22.4 Å². The summed E-state index contributed by atoms with van der Waals surface area (Å²) in [6, 6.07) is 6.69. The Kier molecular flexibility index (Phi) is 4.46. The van der Waals surface area contributed by atoms with E-state index in [4.69, 9.17) is 0 Å². The lowest BCUT2D eigenvalue weighted by atomic mass is 9.82. The van der Waals surface area contributed by atoms with Gasteiger partial charge in [0.15, 0.2) is 0 Å². The number of H-pyrrole nitrogens is 1. The van der Waals surface area contributed by atoms with Crippen LogP contribution in [0.3, 0.4) is 0 Å². The summed E-state index contributed by atoms with van der Waals surface area (Å²) in [5.41, 5.74) is 1.99. The Morgan fingerprint density at radius 2 is 1.74 bits per heavy atom. The quantitative estimate of drug-likeness (QED) is 0.478. The molecule has 0 saturated carbocycles. The van der Waals surface area contributed by atoms with Gasteiger partial charge >= 0.3 is 0 Å². The highest BCUT2D eigenvalue weighted by atomic mass is 19.3. The summed E-state index contributed by atoms with van der Waals surface area (Å²) in [7, 11) is 0. The van der Waals surface area contributed by atoms with Crippen molar-refractivity contribution >= 4 is 28.3 Å². The maximum atomic E-state index is 15.1. The van der Waals surface area contributed by atoms with Crippen molar-refractivity contribution in [1.29, 1.82) is 0 Å². The van der Waals surface area contributed by atoms with Crippen LogP contribution in [0.4, 0.5) is 28.9 Å². The number of anilines is 2. The minimum Gasteiger partial charge on any atom is -0.371 e. The van der Waals surface area contributed by atoms with Crippen LogP contribution in [-0.4, -0.2) is 34.9 Å². The van der Waals surface area contributed by atoms with E-state index in [0.717, 1.165) is 5.52 Å². The number of halogens is 4. The van der Waals surface area contributed by atoms with E-state index in [1.54, 1.807) is 30.0 Å². The molecule has 0 spiro atoms. The molecular formula is C22H20F4N4O. The SMILES string of the molecule is CC1C(=O)N(c2ccc3nc[nH]c3c2)C1c1c(F)cc(N2CCC(F)(F)CC2)cc1F. The number of rotatable bonds is 3. The van der Waals surface area contributed by atoms with Gasteiger partial charge in [0.05, 0.1) is 29.3 Å². The number of β-lactam (4-membered cyclic amide) rings is 1. The number of piperidine rings is 1. The van der Waals surface area contributed by atoms with Crippen LogP contribution in [0.2, 0.25) is 0 Å². The molecule has 2 saturated heterocycles. The normalized spacial score (nSPS) is 23.3. The Labute approximate surface area is 175 Å². The first kappa shape index (κ1) is 19.8. The Balaban J connectivity index is 1.47. The number of alkyl halides is 2. The Bertz CT molecular complexity index is 1140. The van der Waals surface area contributed by atoms with Gasteiger partial charge in [0.25, 0.3) is 5.92 Å². The van der Waals surface area contributed by atoms with Crippen LogP contribution >= 0.6 is 0 Å². The van der Waals surface area contributed by atoms with Crippen molar-refractivity contribution in [1.82, 2.24) is 9.97 Å². The van der Waals surface area contributed by atoms with Crippen molar-refractivity contribution in [3.05, 3.63) is 53.9 Å². The number of aromatic amines is 1. The number of hydrogen-bond donors (Lipinski definition) is 1. The van der Waals surface area contributed by atoms with Gasteiger partial charge in [-0.3, -0.25) is 4.79 Å². The average Bonchev–Trinajstić information content (AvgIpc) is 3.20. The summed E-state index contributed by atoms with van der Waals surface area (Å²) in [6.45, 7) is 1.69. The lowest BCUT2D eigenvalue weighted by molar-refractivity contribution is -0.129. The van der Waals surface area contributed by atoms with E-state index in [1.165, 1.54) is 23.4 Å². The second-order valence-corrected chi connectivity index (χ2v) is 8.21. The first-order valence-corrected chi connectivity index (χ1v) is 10.1. The van der Waals surface area contributed by atoms with E-state index in [2.05, 4.69) is 9.97 Å². The fourth-order valence-electron chi connectivity index (χ4n) is 4.50. The predicted octanol–water partition coefficient (Wildman–Crippen LogP) is 4.80. The molecule has 3 aromatic rings. The highest BCUT2D eigenvalue weighted by Gasteiger charge is 2.48. The summed E-state index contributed by atoms with van der Waals surface area (Å²) in [5.74, 6) is -5.15. The summed E-state index contributed by atoms with van der Waals surface area (Å²) in [5, 5.41) is 0. The van der Waals surface area contributed by atoms with Crippen LogP contribution in [0.25, 0.3) is 11.0 Å². The van der Waals surface area contributed by atoms with Crippen molar-refractivity contribution in [2.75, 3.05) is 22.9 Å². The predicted molar refractivity (Wildman–Crippen MR) is 108 cm³/mol. The number of carbonyl (C=O) groups is 1. The maximum Gasteiger partial charge on any atom is 0.251 e. The van der Waals surface area contributed by atoms with E-state index >= 15 is 8.78 Å². The molecule has 0 aliphatic carbocycles. The van der Waals surface area contributed by atoms with E-state index < -0.39 is 29.5 Å². The third-order valence-electron chi connectivity index (χ3n) is 6.28. The lowest BCUT2D eigenvalue weighted by Gasteiger charge is -2.46. The van der Waals surface area contributed by atoms with Crippen LogP contribution in [-0.2, 0) is 4.79 Å². The van der Waals surface area contributed by atoms with E-state index in [0.29, 0.717) is 11.2 Å². The second kappa shape index (κ2) is 6.96. The second-order valence-electron chi connectivity index (χ2n) is 8.21. The fraction of sp³-hybridized carbons (Fsp3) is 0.364. The number of nitrogens with one attached hydrogen (secondary N) is 1. The van der Waals surface area contributed by atoms with E-state index in [9.17, 15) is 13.6 Å². The van der Waals surface area contributed by atoms with Gasteiger partial charge in [-0.1, -0.05) is 6.92 Å². The van der Waals surface area contributed by atoms with E-state index in [1.807, 2.05) is 0 Å². The van der Waals surface area contributed by atoms with Crippen molar-refractivity contribution in [3.8, 4) is 0 Å². The molecule has 0 radical (unpaired) electrons. The minimum atomic E-state index is -2.74. The molecule has 2 unspecified atom stereocenters. The maximum absolute atomic E-state index is 15.1. The molecule has 9 heteroatoms. The topological polar surface area (TPSA) is 52.2 Å². The van der Waals surface area contributed by atoms with Crippen LogP contribution in [0.1, 0.15) is 31.4 Å². The van der Waals surface area contributed by atoms with Crippen LogP contribution in [0, 0.1) is 17.6 Å². The Hall–Kier alpha value is -3.10. The number of hydrogen-bond acceptors (Lipinski definition) is 3. The number of amides is 1. The number of nitrogens with zero attached hydrogens (tertiary/aromatic N) is 3. The molecule has 1 N–H and O–H groups in total. The third-order valence-corrected chi connectivity index (χ3v) is 6.28. The Morgan fingerprint density at radius 3 is 2.42 bits per heavy atom. The molecule has 1 amide bonds. The standard InChI is InChI=1S/C22H20F4N4O/c1-12-20(30(21(12)31)13-2-3-17-18(10-13)28-11-27-17)19-15(23)8-14(9-16(19)24)29-6-4-22(25,26)5-7-29/h2-3,8-12,20H,4-7H2,1H3,(H,27,28). The molecule has 2 aliphatic heterocycles. The zero-order valence-electron chi connectivity index (χ0n) is 16.7. The van der Waals surface area contributed by atoms with Crippen LogP contribution in [0.5, 0.6) is 0 Å². The molecule has 2 atom stereocenters. The molecule has 2 aromatic carbocycles. The zero-order chi connectivity index (χ0) is 21.9. The van der Waals surface area contributed by atoms with Gasteiger partial charge in [-0.25, -0.2) is 22.5 Å². The van der Waals surface area contributed by atoms with Gasteiger partial charge in [-0.15, -0.1) is 0 Å². The van der Waals surface area contributed by atoms with Gasteiger partial charge in [-0.05, 0) is 30.3 Å². The van der Waals surface area contributed by atoms with Gasteiger partial charge in [0.2, 0.25) is 5.91 Å². The van der Waals surface area contributed by atoms with Crippen molar-refractivity contribution in [2.24, 2.45) is 5.92 Å². The van der Waals surface area contributed by atoms with Gasteiger partial charge in [0, 0.05) is 42.9 Å². The van der Waals surface area contributed by atoms with Crippen LogP contribution in [0.15, 0.2) is 36.7 Å². The molecule has 5 rings (SSSR count). The van der Waals surface area contributed by atoms with Crippen molar-refractivity contribution in [2.45, 2.75) is 31.7 Å². The highest BCUT2D eigenvalue weighted by Crippen LogP contribution is 2.46. The molecule has 0 bridgehead atoms. The molecule has 5 nitrogen and oxygen atoms in total.